The van der Waals surface area contributed by atoms with Crippen molar-refractivity contribution in [1.29, 1.82) is 0 Å². The molecule has 0 saturated carbocycles. The second-order valence-electron chi connectivity index (χ2n) is 4.73. The Morgan fingerprint density at radius 3 is 2.50 bits per heavy atom. The van der Waals surface area contributed by atoms with Gasteiger partial charge in [-0.3, -0.25) is 4.79 Å². The zero-order valence-electron chi connectivity index (χ0n) is 12.8. The van der Waals surface area contributed by atoms with Gasteiger partial charge in [0.15, 0.2) is 0 Å². The Balaban J connectivity index is 2.32. The van der Waals surface area contributed by atoms with Gasteiger partial charge in [-0.25, -0.2) is 12.8 Å². The largest absolute Gasteiger partial charge is 0.465 e. The van der Waals surface area contributed by atoms with Crippen LogP contribution < -0.4 is 5.32 Å². The molecule has 5 nitrogen and oxygen atoms in total. The molecule has 0 heterocycles. The van der Waals surface area contributed by atoms with E-state index in [1.54, 1.807) is 13.0 Å². The molecule has 0 aliphatic carbocycles. The predicted octanol–water partition coefficient (Wildman–Crippen LogP) is 3.29. The molecule has 0 fully saturated rings. The SMILES string of the molecule is CCOC(=O)CNc1cccc(S(=O)(=O)c2ccc(F)cc2)c1Cl. The van der Waals surface area contributed by atoms with Gasteiger partial charge in [-0.05, 0) is 43.3 Å². The molecule has 0 aromatic heterocycles. The van der Waals surface area contributed by atoms with Gasteiger partial charge in [0, 0.05) is 0 Å². The minimum atomic E-state index is -3.91. The standard InChI is InChI=1S/C16H15ClFNO4S/c1-2-23-15(20)10-19-13-4-3-5-14(16(13)17)24(21,22)12-8-6-11(18)7-9-12/h3-9,19H,2,10H2,1H3. The first kappa shape index (κ1) is 18.2. The second kappa shape index (κ2) is 7.63. The molecule has 2 rings (SSSR count). The van der Waals surface area contributed by atoms with Crippen LogP contribution in [0, 0.1) is 5.82 Å². The fourth-order valence-corrected chi connectivity index (χ4v) is 3.82. The maximum atomic E-state index is 13.0. The lowest BCUT2D eigenvalue weighted by Crippen LogP contribution is -2.17. The van der Waals surface area contributed by atoms with E-state index < -0.39 is 21.6 Å². The molecule has 2 aromatic rings. The minimum absolute atomic E-state index is 0.0499. The van der Waals surface area contributed by atoms with E-state index in [2.05, 4.69) is 5.32 Å². The molecule has 128 valence electrons. The molecule has 0 aliphatic rings. The van der Waals surface area contributed by atoms with Gasteiger partial charge in [-0.2, -0.15) is 0 Å². The van der Waals surface area contributed by atoms with Crippen molar-refractivity contribution in [2.24, 2.45) is 0 Å². The third-order valence-electron chi connectivity index (χ3n) is 3.11. The number of esters is 1. The summed E-state index contributed by atoms with van der Waals surface area (Å²) in [4.78, 5) is 11.2. The van der Waals surface area contributed by atoms with Gasteiger partial charge in [-0.1, -0.05) is 17.7 Å². The maximum Gasteiger partial charge on any atom is 0.325 e. The van der Waals surface area contributed by atoms with E-state index in [4.69, 9.17) is 16.3 Å². The molecular weight excluding hydrogens is 357 g/mol. The van der Waals surface area contributed by atoms with E-state index in [0.29, 0.717) is 0 Å². The summed E-state index contributed by atoms with van der Waals surface area (Å²) in [5.74, 6) is -1.02. The second-order valence-corrected chi connectivity index (χ2v) is 7.03. The maximum absolute atomic E-state index is 13.0. The van der Waals surface area contributed by atoms with Crippen LogP contribution in [0.25, 0.3) is 0 Å². The first-order valence-electron chi connectivity index (χ1n) is 7.05. The Morgan fingerprint density at radius 1 is 1.21 bits per heavy atom. The van der Waals surface area contributed by atoms with Gasteiger partial charge in [0.2, 0.25) is 9.84 Å². The lowest BCUT2D eigenvalue weighted by molar-refractivity contribution is -0.140. The molecule has 0 amide bonds. The minimum Gasteiger partial charge on any atom is -0.465 e. The van der Waals surface area contributed by atoms with Gasteiger partial charge in [-0.15, -0.1) is 0 Å². The summed E-state index contributed by atoms with van der Waals surface area (Å²) in [6, 6.07) is 8.84. The van der Waals surface area contributed by atoms with Crippen molar-refractivity contribution >= 4 is 33.1 Å². The Hall–Kier alpha value is -2.12. The number of carbonyl (C=O) groups is 1. The van der Waals surface area contributed by atoms with Crippen LogP contribution in [0.5, 0.6) is 0 Å². The average molecular weight is 372 g/mol. The third kappa shape index (κ3) is 4.04. The van der Waals surface area contributed by atoms with Crippen LogP contribution in [0.2, 0.25) is 5.02 Å². The predicted molar refractivity (Wildman–Crippen MR) is 88.4 cm³/mol. The van der Waals surface area contributed by atoms with Gasteiger partial charge < -0.3 is 10.1 Å². The summed E-state index contributed by atoms with van der Waals surface area (Å²) in [6.45, 7) is 1.78. The molecule has 0 saturated heterocycles. The van der Waals surface area contributed by atoms with Gasteiger partial charge in [0.25, 0.3) is 0 Å². The number of benzene rings is 2. The van der Waals surface area contributed by atoms with Crippen LogP contribution in [0.4, 0.5) is 10.1 Å². The first-order valence-corrected chi connectivity index (χ1v) is 8.91. The van der Waals surface area contributed by atoms with E-state index in [1.807, 2.05) is 0 Å². The van der Waals surface area contributed by atoms with E-state index in [0.717, 1.165) is 12.1 Å². The van der Waals surface area contributed by atoms with Crippen molar-refractivity contribution in [3.05, 3.63) is 53.3 Å². The molecule has 0 aliphatic heterocycles. The number of carbonyl (C=O) groups excluding carboxylic acids is 1. The van der Waals surface area contributed by atoms with Crippen LogP contribution in [-0.2, 0) is 19.4 Å². The van der Waals surface area contributed by atoms with Crippen LogP contribution in [0.3, 0.4) is 0 Å². The summed E-state index contributed by atoms with van der Waals surface area (Å²) in [7, 11) is -3.91. The summed E-state index contributed by atoms with van der Waals surface area (Å²) in [6.07, 6.45) is 0. The van der Waals surface area contributed by atoms with Crippen molar-refractivity contribution in [2.45, 2.75) is 16.7 Å². The van der Waals surface area contributed by atoms with Crippen LogP contribution in [0.1, 0.15) is 6.92 Å². The molecule has 8 heteroatoms. The Kier molecular flexibility index (Phi) is 5.80. The number of hydrogen-bond acceptors (Lipinski definition) is 5. The van der Waals surface area contributed by atoms with E-state index >= 15 is 0 Å². The van der Waals surface area contributed by atoms with Gasteiger partial charge in [0.05, 0.1) is 27.1 Å². The number of halogens is 2. The topological polar surface area (TPSA) is 72.5 Å². The van der Waals surface area contributed by atoms with Crippen molar-refractivity contribution in [1.82, 2.24) is 0 Å². The number of anilines is 1. The zero-order valence-corrected chi connectivity index (χ0v) is 14.3. The average Bonchev–Trinajstić information content (AvgIpc) is 2.54. The van der Waals surface area contributed by atoms with Crippen LogP contribution >= 0.6 is 11.6 Å². The lowest BCUT2D eigenvalue weighted by Gasteiger charge is -2.12. The quantitative estimate of drug-likeness (QED) is 0.623. The van der Waals surface area contributed by atoms with E-state index in [1.165, 1.54) is 24.3 Å². The molecule has 0 atom stereocenters. The van der Waals surface area contributed by atoms with Crippen molar-refractivity contribution in [3.63, 3.8) is 0 Å². The van der Waals surface area contributed by atoms with Crippen LogP contribution in [0.15, 0.2) is 52.3 Å². The molecule has 0 spiro atoms. The smallest absolute Gasteiger partial charge is 0.325 e. The van der Waals surface area contributed by atoms with Gasteiger partial charge in [0.1, 0.15) is 12.4 Å². The molecule has 0 radical (unpaired) electrons. The number of ether oxygens (including phenoxy) is 1. The fraction of sp³-hybridized carbons (Fsp3) is 0.188. The molecular formula is C16H15ClFNO4S. The van der Waals surface area contributed by atoms with Gasteiger partial charge >= 0.3 is 5.97 Å². The monoisotopic (exact) mass is 371 g/mol. The number of rotatable bonds is 6. The lowest BCUT2D eigenvalue weighted by atomic mass is 10.3. The Morgan fingerprint density at radius 2 is 1.88 bits per heavy atom. The number of hydrogen-bond donors (Lipinski definition) is 1. The molecule has 0 unspecified atom stereocenters. The van der Waals surface area contributed by atoms with Crippen molar-refractivity contribution in [2.75, 3.05) is 18.5 Å². The molecule has 1 N–H and O–H groups in total. The first-order chi connectivity index (χ1) is 11.4. The van der Waals surface area contributed by atoms with E-state index in [-0.39, 0.29) is 33.7 Å². The third-order valence-corrected chi connectivity index (χ3v) is 5.44. The summed E-state index contributed by atoms with van der Waals surface area (Å²) < 4.78 is 43.0. The number of nitrogens with one attached hydrogen (secondary N) is 1. The number of sulfone groups is 1. The highest BCUT2D eigenvalue weighted by atomic mass is 35.5. The molecule has 2 aromatic carbocycles. The normalized spacial score (nSPS) is 11.1. The summed E-state index contributed by atoms with van der Waals surface area (Å²) >= 11 is 6.17. The fourth-order valence-electron chi connectivity index (χ4n) is 1.97. The summed E-state index contributed by atoms with van der Waals surface area (Å²) in [5.41, 5.74) is 0.285. The van der Waals surface area contributed by atoms with Crippen molar-refractivity contribution in [3.8, 4) is 0 Å². The van der Waals surface area contributed by atoms with Crippen LogP contribution in [-0.4, -0.2) is 27.5 Å². The summed E-state index contributed by atoms with van der Waals surface area (Å²) in [5, 5.41) is 2.69. The highest BCUT2D eigenvalue weighted by Gasteiger charge is 2.22. The molecule has 0 bridgehead atoms. The highest BCUT2D eigenvalue weighted by Crippen LogP contribution is 2.33. The Bertz CT molecular complexity index is 838. The highest BCUT2D eigenvalue weighted by molar-refractivity contribution is 7.91. The van der Waals surface area contributed by atoms with E-state index in [9.17, 15) is 17.6 Å². The Labute approximate surface area is 144 Å². The van der Waals surface area contributed by atoms with Crippen molar-refractivity contribution < 1.29 is 22.3 Å². The zero-order chi connectivity index (χ0) is 17.7. The molecule has 24 heavy (non-hydrogen) atoms.